The van der Waals surface area contributed by atoms with Gasteiger partial charge < -0.3 is 48.1 Å². The van der Waals surface area contributed by atoms with E-state index in [4.69, 9.17) is 37.9 Å². The number of nitrogens with zero attached hydrogens (tertiary/aromatic N) is 1. The molecule has 56 heavy (non-hydrogen) atoms. The van der Waals surface area contributed by atoms with Crippen LogP contribution in [0, 0.1) is 23.7 Å². The van der Waals surface area contributed by atoms with E-state index in [0.717, 1.165) is 0 Å². The van der Waals surface area contributed by atoms with Crippen molar-refractivity contribution in [1.29, 1.82) is 0 Å². The first kappa shape index (κ1) is 47.4. The molecule has 0 aliphatic carbocycles. The first-order valence-electron chi connectivity index (χ1n) is 20.0. The van der Waals surface area contributed by atoms with Crippen molar-refractivity contribution in [2.45, 2.75) is 175 Å². The number of nitrogens with one attached hydrogen (secondary N) is 1. The van der Waals surface area contributed by atoms with Crippen LogP contribution in [0.2, 0.25) is 0 Å². The predicted molar refractivity (Wildman–Crippen MR) is 205 cm³/mol. The van der Waals surface area contributed by atoms with Crippen LogP contribution >= 0.6 is 0 Å². The molecule has 0 bridgehead atoms. The van der Waals surface area contributed by atoms with Crippen LogP contribution in [0.15, 0.2) is 11.6 Å². The zero-order valence-corrected chi connectivity index (χ0v) is 35.9. The Morgan fingerprint density at radius 1 is 0.929 bits per heavy atom. The summed E-state index contributed by atoms with van der Waals surface area (Å²) < 4.78 is 50.3. The van der Waals surface area contributed by atoms with Gasteiger partial charge >= 0.3 is 17.9 Å². The van der Waals surface area contributed by atoms with E-state index in [2.05, 4.69) is 5.32 Å². The third-order valence-electron chi connectivity index (χ3n) is 11.6. The molecule has 1 amide bonds. The summed E-state index contributed by atoms with van der Waals surface area (Å²) >= 11 is 0. The van der Waals surface area contributed by atoms with Crippen molar-refractivity contribution in [2.75, 3.05) is 21.2 Å². The number of carbonyl (C=O) groups is 5. The maximum Gasteiger partial charge on any atom is 0.311 e. The molecule has 3 aliphatic rings. The number of allylic oxidation sites excluding steroid dienone is 1. The minimum atomic E-state index is -1.21. The maximum atomic E-state index is 14.4. The number of rotatable bonds is 11. The highest BCUT2D eigenvalue weighted by Gasteiger charge is 2.49. The Kier molecular flexibility index (Phi) is 17.5. The van der Waals surface area contributed by atoms with Crippen molar-refractivity contribution in [3.8, 4) is 0 Å². The van der Waals surface area contributed by atoms with Crippen LogP contribution < -0.4 is 5.32 Å². The standard InChI is InChI=1S/C41H68N2O13/c1-15-32-41(11,42-20-44)19-23(4)34(47)21(2)16-31(49-14)37(56-40-38(53-29(10)46)30(43(12)13)18-24(5)50-40)25(6)36(26(7)39(48)54-32)55-33-17-22(3)35(27(8)51-33)52-28(9)45/h19-22,24-27,30-33,35-38,40H,15-18H2,1-14H3,(H,42,44)/b23-19+. The number of cyclic esters (lactones) is 1. The summed E-state index contributed by atoms with van der Waals surface area (Å²) in [5.41, 5.74) is -0.829. The zero-order valence-electron chi connectivity index (χ0n) is 35.9. The number of amides is 1. The molecule has 3 rings (SSSR count). The molecule has 0 spiro atoms. The fourth-order valence-corrected chi connectivity index (χ4v) is 8.58. The summed E-state index contributed by atoms with van der Waals surface area (Å²) in [6.45, 7) is 19.0. The number of ketones is 1. The first-order valence-corrected chi connectivity index (χ1v) is 20.0. The van der Waals surface area contributed by atoms with Gasteiger partial charge in [-0.25, -0.2) is 0 Å². The van der Waals surface area contributed by atoms with Gasteiger partial charge in [-0.15, -0.1) is 0 Å². The molecular formula is C41H68N2O13. The summed E-state index contributed by atoms with van der Waals surface area (Å²) in [6, 6.07) is -0.249. The highest BCUT2D eigenvalue weighted by Crippen LogP contribution is 2.37. The quantitative estimate of drug-likeness (QED) is 0.180. The third kappa shape index (κ3) is 11.8. The summed E-state index contributed by atoms with van der Waals surface area (Å²) in [7, 11) is 5.33. The van der Waals surface area contributed by atoms with Crippen LogP contribution in [0.4, 0.5) is 0 Å². The summed E-state index contributed by atoms with van der Waals surface area (Å²) in [4.78, 5) is 66.6. The average Bonchev–Trinajstić information content (AvgIpc) is 3.11. The van der Waals surface area contributed by atoms with Crippen molar-refractivity contribution in [3.63, 3.8) is 0 Å². The molecule has 15 heteroatoms. The minimum absolute atomic E-state index is 0.145. The molecule has 2 saturated heterocycles. The topological polar surface area (TPSA) is 174 Å². The van der Waals surface area contributed by atoms with Gasteiger partial charge in [0.15, 0.2) is 24.5 Å². The van der Waals surface area contributed by atoms with E-state index in [9.17, 15) is 24.0 Å². The average molecular weight is 797 g/mol. The van der Waals surface area contributed by atoms with Crippen LogP contribution in [0.25, 0.3) is 0 Å². The number of hydrogen-bond acceptors (Lipinski definition) is 14. The zero-order chi connectivity index (χ0) is 42.2. The lowest BCUT2D eigenvalue weighted by atomic mass is 9.81. The predicted octanol–water partition coefficient (Wildman–Crippen LogP) is 4.13. The van der Waals surface area contributed by atoms with E-state index < -0.39 is 96.5 Å². The van der Waals surface area contributed by atoms with E-state index in [-0.39, 0.29) is 30.3 Å². The van der Waals surface area contributed by atoms with Crippen LogP contribution in [0.1, 0.15) is 102 Å². The van der Waals surface area contributed by atoms with E-state index in [1.54, 1.807) is 40.7 Å². The molecule has 16 unspecified atom stereocenters. The van der Waals surface area contributed by atoms with Crippen LogP contribution in [0.3, 0.4) is 0 Å². The molecule has 1 N–H and O–H groups in total. The molecule has 16 atom stereocenters. The molecule has 3 aliphatic heterocycles. The summed E-state index contributed by atoms with van der Waals surface area (Å²) in [6.07, 6.45) is -3.80. The lowest BCUT2D eigenvalue weighted by Crippen LogP contribution is -2.59. The Bertz CT molecular complexity index is 1380. The Morgan fingerprint density at radius 3 is 2.09 bits per heavy atom. The highest BCUT2D eigenvalue weighted by atomic mass is 16.7. The first-order chi connectivity index (χ1) is 26.2. The van der Waals surface area contributed by atoms with Gasteiger partial charge in [-0.1, -0.05) is 27.7 Å². The second-order valence-electron chi connectivity index (χ2n) is 16.5. The maximum absolute atomic E-state index is 14.4. The van der Waals surface area contributed by atoms with Crippen molar-refractivity contribution >= 4 is 30.1 Å². The molecule has 15 nitrogen and oxygen atoms in total. The van der Waals surface area contributed by atoms with Gasteiger partial charge in [0.2, 0.25) is 6.41 Å². The summed E-state index contributed by atoms with van der Waals surface area (Å²) in [5.74, 6) is -4.03. The van der Waals surface area contributed by atoms with Crippen molar-refractivity contribution < 1.29 is 61.9 Å². The number of likely N-dealkylation sites (N-methyl/N-ethyl adjacent to an activating group) is 1. The Balaban J connectivity index is 2.22. The fraction of sp³-hybridized carbons (Fsp3) is 0.829. The lowest BCUT2D eigenvalue weighted by molar-refractivity contribution is -0.302. The molecule has 0 aromatic rings. The minimum Gasteiger partial charge on any atom is -0.460 e. The molecule has 0 saturated carbocycles. The number of methoxy groups -OCH3 is 1. The van der Waals surface area contributed by atoms with Gasteiger partial charge in [-0.05, 0) is 79.6 Å². The van der Waals surface area contributed by atoms with E-state index in [0.29, 0.717) is 31.2 Å². The van der Waals surface area contributed by atoms with Gasteiger partial charge in [0, 0.05) is 45.1 Å². The van der Waals surface area contributed by atoms with Crippen LogP contribution in [0.5, 0.6) is 0 Å². The van der Waals surface area contributed by atoms with Gasteiger partial charge in [0.25, 0.3) is 0 Å². The number of carbonyl (C=O) groups excluding carboxylic acids is 5. The number of hydrogen-bond donors (Lipinski definition) is 1. The molecule has 0 aromatic heterocycles. The second kappa shape index (κ2) is 20.6. The Labute approximate surface area is 333 Å². The molecule has 3 heterocycles. The molecule has 320 valence electrons. The molecule has 0 radical (unpaired) electrons. The molecule has 0 aromatic carbocycles. The van der Waals surface area contributed by atoms with Crippen molar-refractivity contribution in [1.82, 2.24) is 10.2 Å². The monoisotopic (exact) mass is 796 g/mol. The van der Waals surface area contributed by atoms with Crippen LogP contribution in [-0.2, 0) is 61.9 Å². The Hall–Kier alpha value is -2.95. The lowest BCUT2D eigenvalue weighted by Gasteiger charge is -2.47. The van der Waals surface area contributed by atoms with Gasteiger partial charge in [0.1, 0.15) is 12.2 Å². The van der Waals surface area contributed by atoms with Crippen LogP contribution in [-0.4, -0.2) is 129 Å². The normalized spacial score (nSPS) is 41.4. The smallest absolute Gasteiger partial charge is 0.311 e. The summed E-state index contributed by atoms with van der Waals surface area (Å²) in [5, 5.41) is 2.79. The largest absolute Gasteiger partial charge is 0.460 e. The second-order valence-corrected chi connectivity index (χ2v) is 16.5. The van der Waals surface area contributed by atoms with Gasteiger partial charge in [-0.2, -0.15) is 0 Å². The van der Waals surface area contributed by atoms with Crippen molar-refractivity contribution in [3.05, 3.63) is 11.6 Å². The molecule has 2 fully saturated rings. The highest BCUT2D eigenvalue weighted by molar-refractivity contribution is 5.96. The fourth-order valence-electron chi connectivity index (χ4n) is 8.58. The number of ether oxygens (including phenoxy) is 8. The van der Waals surface area contributed by atoms with E-state index >= 15 is 0 Å². The number of Topliss-reactive ketones (excluding diaryl/α,β-unsaturated/α-hetero) is 1. The van der Waals surface area contributed by atoms with Gasteiger partial charge in [0.05, 0.1) is 48.0 Å². The van der Waals surface area contributed by atoms with E-state index in [1.165, 1.54) is 21.0 Å². The van der Waals surface area contributed by atoms with E-state index in [1.807, 2.05) is 46.7 Å². The van der Waals surface area contributed by atoms with Crippen molar-refractivity contribution in [2.24, 2.45) is 23.7 Å². The SMILES string of the molecule is CCC1OC(=O)C(C)C(OC2CC(C)C(OC(C)=O)C(C)O2)C(C)C(OC2OC(C)CC(N(C)C)C2OC(C)=O)C(OC)CC(C)C(=O)/C(C)=C/C1(C)NC=O. The van der Waals surface area contributed by atoms with Gasteiger partial charge in [-0.3, -0.25) is 24.0 Å². The third-order valence-corrected chi connectivity index (χ3v) is 11.6. The number of esters is 3. The molecular weight excluding hydrogens is 728 g/mol. The Morgan fingerprint density at radius 2 is 1.55 bits per heavy atom.